The highest BCUT2D eigenvalue weighted by Crippen LogP contribution is 2.31. The summed E-state index contributed by atoms with van der Waals surface area (Å²) in [5, 5.41) is 9.24. The zero-order chi connectivity index (χ0) is 27.5. The number of benzene rings is 1. The summed E-state index contributed by atoms with van der Waals surface area (Å²) in [6, 6.07) is 5.71. The summed E-state index contributed by atoms with van der Waals surface area (Å²) in [6.07, 6.45) is 3.41. The van der Waals surface area contributed by atoms with E-state index in [1.807, 2.05) is 18.2 Å². The van der Waals surface area contributed by atoms with Crippen LogP contribution in [0.3, 0.4) is 0 Å². The zero-order valence-electron chi connectivity index (χ0n) is 22.6. The van der Waals surface area contributed by atoms with Crippen LogP contribution in [0.5, 0.6) is 5.75 Å². The molecule has 0 saturated carbocycles. The fourth-order valence-corrected chi connectivity index (χ4v) is 4.09. The molecule has 1 saturated heterocycles. The number of piperazine rings is 1. The summed E-state index contributed by atoms with van der Waals surface area (Å²) < 4.78 is 10.6. The quantitative estimate of drug-likeness (QED) is 0.364. The molecule has 2 aromatic rings. The molecule has 0 unspecified atom stereocenters. The molecular formula is C26H38ClN7O4. The van der Waals surface area contributed by atoms with Crippen LogP contribution >= 0.6 is 11.6 Å². The highest BCUT2D eigenvalue weighted by Gasteiger charge is 2.20. The van der Waals surface area contributed by atoms with Crippen molar-refractivity contribution in [3.63, 3.8) is 0 Å². The van der Waals surface area contributed by atoms with Crippen LogP contribution in [0.25, 0.3) is 0 Å². The predicted octanol–water partition coefficient (Wildman–Crippen LogP) is 3.02. The summed E-state index contributed by atoms with van der Waals surface area (Å²) in [5.41, 5.74) is 0.679. The minimum atomic E-state index is -0.568. The van der Waals surface area contributed by atoms with Gasteiger partial charge in [0, 0.05) is 50.8 Å². The third-order valence-electron chi connectivity index (χ3n) is 5.77. The Hall–Kier alpha value is -3.31. The third kappa shape index (κ3) is 9.53. The lowest BCUT2D eigenvalue weighted by Gasteiger charge is -2.36. The number of hydrogen-bond donors (Lipinski definition) is 3. The van der Waals surface area contributed by atoms with E-state index in [1.54, 1.807) is 34.1 Å². The predicted molar refractivity (Wildman–Crippen MR) is 148 cm³/mol. The van der Waals surface area contributed by atoms with Crippen molar-refractivity contribution in [1.29, 1.82) is 0 Å². The van der Waals surface area contributed by atoms with Gasteiger partial charge >= 0.3 is 6.09 Å². The van der Waals surface area contributed by atoms with E-state index in [4.69, 9.17) is 21.1 Å². The first-order chi connectivity index (χ1) is 18.1. The van der Waals surface area contributed by atoms with E-state index >= 15 is 0 Å². The van der Waals surface area contributed by atoms with Gasteiger partial charge in [-0.3, -0.25) is 9.69 Å². The van der Waals surface area contributed by atoms with Gasteiger partial charge in [-0.25, -0.2) is 14.8 Å². The highest BCUT2D eigenvalue weighted by molar-refractivity contribution is 6.30. The van der Waals surface area contributed by atoms with Crippen LogP contribution in [0.15, 0.2) is 30.6 Å². The minimum absolute atomic E-state index is 0.210. The van der Waals surface area contributed by atoms with Crippen LogP contribution in [-0.4, -0.2) is 91.9 Å². The molecule has 1 aromatic heterocycles. The maximum atomic E-state index is 12.2. The molecule has 12 heteroatoms. The number of halogens is 1. The van der Waals surface area contributed by atoms with Crippen LogP contribution in [0.4, 0.5) is 16.3 Å². The Balaban J connectivity index is 1.30. The average molecular weight is 548 g/mol. The lowest BCUT2D eigenvalue weighted by Crippen LogP contribution is -2.47. The fraction of sp³-hybridized carbons (Fsp3) is 0.538. The van der Waals surface area contributed by atoms with Crippen molar-refractivity contribution in [2.75, 3.05) is 69.7 Å². The number of hydrogen-bond acceptors (Lipinski definition) is 9. The molecule has 0 bridgehead atoms. The van der Waals surface area contributed by atoms with Crippen molar-refractivity contribution in [2.45, 2.75) is 32.8 Å². The van der Waals surface area contributed by atoms with Crippen molar-refractivity contribution < 1.29 is 19.1 Å². The van der Waals surface area contributed by atoms with E-state index in [-0.39, 0.29) is 24.7 Å². The minimum Gasteiger partial charge on any atom is -0.495 e. The molecule has 11 nitrogen and oxygen atoms in total. The second-order valence-corrected chi connectivity index (χ2v) is 10.3. The molecule has 1 fully saturated rings. The maximum Gasteiger partial charge on any atom is 0.407 e. The van der Waals surface area contributed by atoms with Crippen molar-refractivity contribution in [1.82, 2.24) is 25.5 Å². The van der Waals surface area contributed by atoms with Gasteiger partial charge in [-0.15, -0.1) is 0 Å². The largest absolute Gasteiger partial charge is 0.495 e. The molecule has 2 heterocycles. The molecule has 0 radical (unpaired) electrons. The first-order valence-corrected chi connectivity index (χ1v) is 13.1. The summed E-state index contributed by atoms with van der Waals surface area (Å²) in [6.45, 7) is 11.3. The van der Waals surface area contributed by atoms with E-state index in [0.717, 1.165) is 57.1 Å². The number of alkyl carbamates (subject to hydrolysis) is 1. The number of nitrogens with zero attached hydrogens (tertiary/aromatic N) is 4. The number of rotatable bonds is 11. The molecule has 0 atom stereocenters. The number of nitrogens with one attached hydrogen (secondary N) is 3. The number of anilines is 2. The number of methoxy groups -OCH3 is 1. The molecule has 1 aromatic carbocycles. The first-order valence-electron chi connectivity index (χ1n) is 12.8. The van der Waals surface area contributed by atoms with E-state index in [2.05, 4.69) is 35.7 Å². The van der Waals surface area contributed by atoms with Crippen molar-refractivity contribution in [3.8, 4) is 5.75 Å². The Morgan fingerprint density at radius 2 is 1.76 bits per heavy atom. The summed E-state index contributed by atoms with van der Waals surface area (Å²) in [4.78, 5) is 37.1. The molecule has 1 aliphatic heterocycles. The van der Waals surface area contributed by atoms with Crippen LogP contribution in [-0.2, 0) is 4.74 Å². The van der Waals surface area contributed by atoms with Crippen molar-refractivity contribution in [3.05, 3.63) is 41.3 Å². The smallest absolute Gasteiger partial charge is 0.407 e. The Bertz CT molecular complexity index is 1050. The number of carbonyl (C=O) groups is 2. The molecule has 38 heavy (non-hydrogen) atoms. The Morgan fingerprint density at radius 3 is 2.42 bits per heavy atom. The van der Waals surface area contributed by atoms with Gasteiger partial charge in [-0.05, 0) is 51.9 Å². The monoisotopic (exact) mass is 547 g/mol. The molecule has 208 valence electrons. The molecule has 1 aliphatic rings. The van der Waals surface area contributed by atoms with E-state index < -0.39 is 11.7 Å². The number of amides is 2. The van der Waals surface area contributed by atoms with Gasteiger partial charge in [0.1, 0.15) is 22.9 Å². The summed E-state index contributed by atoms with van der Waals surface area (Å²) in [7, 11) is 1.68. The second-order valence-electron chi connectivity index (χ2n) is 9.90. The van der Waals surface area contributed by atoms with Crippen LogP contribution in [0.2, 0.25) is 5.02 Å². The fourth-order valence-electron chi connectivity index (χ4n) is 3.92. The van der Waals surface area contributed by atoms with Crippen molar-refractivity contribution >= 4 is 35.1 Å². The Morgan fingerprint density at radius 1 is 1.03 bits per heavy atom. The van der Waals surface area contributed by atoms with Crippen LogP contribution in [0.1, 0.15) is 37.7 Å². The molecular weight excluding hydrogens is 510 g/mol. The Labute approximate surface area is 229 Å². The SMILES string of the molecule is COc1ccc(Cl)cc1N1CCN(CCCNc2cnc(C(=O)NCCNC(=O)OC(C)(C)C)cn2)CC1. The molecule has 0 spiro atoms. The number of aromatic nitrogens is 2. The lowest BCUT2D eigenvalue weighted by molar-refractivity contribution is 0.0526. The normalized spacial score (nSPS) is 14.1. The highest BCUT2D eigenvalue weighted by atomic mass is 35.5. The third-order valence-corrected chi connectivity index (χ3v) is 6.01. The first kappa shape index (κ1) is 29.2. The Kier molecular flexibility index (Phi) is 10.8. The van der Waals surface area contributed by atoms with Gasteiger partial charge in [-0.2, -0.15) is 0 Å². The van der Waals surface area contributed by atoms with Crippen molar-refractivity contribution in [2.24, 2.45) is 0 Å². The summed E-state index contributed by atoms with van der Waals surface area (Å²) >= 11 is 6.19. The second kappa shape index (κ2) is 14.0. The van der Waals surface area contributed by atoms with Crippen LogP contribution in [0, 0.1) is 0 Å². The topological polar surface area (TPSA) is 121 Å². The van der Waals surface area contributed by atoms with Gasteiger partial charge in [0.25, 0.3) is 5.91 Å². The van der Waals surface area contributed by atoms with Gasteiger partial charge in [0.2, 0.25) is 0 Å². The van der Waals surface area contributed by atoms with Gasteiger partial charge in [-0.1, -0.05) is 11.6 Å². The van der Waals surface area contributed by atoms with Gasteiger partial charge in [0.05, 0.1) is 25.2 Å². The molecule has 3 rings (SSSR count). The van der Waals surface area contributed by atoms with E-state index in [9.17, 15) is 9.59 Å². The van der Waals surface area contributed by atoms with Gasteiger partial charge in [0.15, 0.2) is 0 Å². The number of ether oxygens (including phenoxy) is 2. The molecule has 2 amide bonds. The maximum absolute atomic E-state index is 12.2. The van der Waals surface area contributed by atoms with E-state index in [1.165, 1.54) is 6.20 Å². The molecule has 3 N–H and O–H groups in total. The van der Waals surface area contributed by atoms with E-state index in [0.29, 0.717) is 10.8 Å². The van der Waals surface area contributed by atoms with Crippen LogP contribution < -0.4 is 25.6 Å². The lowest BCUT2D eigenvalue weighted by atomic mass is 10.2. The number of carbonyl (C=O) groups excluding carboxylic acids is 2. The summed E-state index contributed by atoms with van der Waals surface area (Å²) in [5.74, 6) is 1.10. The average Bonchev–Trinajstić information content (AvgIpc) is 2.88. The van der Waals surface area contributed by atoms with Gasteiger partial charge < -0.3 is 30.3 Å². The standard InChI is InChI=1S/C26H38ClN7O4/c1-26(2,3)38-25(36)30-10-9-29-24(35)20-17-32-23(18-31-20)28-8-5-11-33-12-14-34(15-13-33)21-16-19(27)6-7-22(21)37-4/h6-7,16-18H,5,8-15H2,1-4H3,(H,28,32)(H,29,35)(H,30,36). The molecule has 0 aliphatic carbocycles. The zero-order valence-corrected chi connectivity index (χ0v) is 23.3.